The number of alkyl halides is 3. The number of likely N-dealkylation sites (tertiary alicyclic amines) is 1. The molecule has 0 aliphatic carbocycles. The molecule has 1 atom stereocenters. The number of halogens is 3. The topological polar surface area (TPSA) is 89.5 Å². The molecule has 0 radical (unpaired) electrons. The summed E-state index contributed by atoms with van der Waals surface area (Å²) in [5.41, 5.74) is 3.27. The number of hydrogen-bond donors (Lipinski definition) is 1. The molecule has 1 amide bonds. The number of carbonyl (C=O) groups excluding carboxylic acids is 1. The van der Waals surface area contributed by atoms with Crippen molar-refractivity contribution in [3.8, 4) is 0 Å². The zero-order chi connectivity index (χ0) is 15.8. The Balaban J connectivity index is 2.39. The average Bonchev–Trinajstić information content (AvgIpc) is 2.82. The predicted molar refractivity (Wildman–Crippen MR) is 66.6 cm³/mol. The van der Waals surface area contributed by atoms with E-state index in [-0.39, 0.29) is 18.2 Å². The first-order valence-corrected chi connectivity index (χ1v) is 6.10. The van der Waals surface area contributed by atoms with Crippen LogP contribution in [-0.2, 0) is 6.18 Å². The fourth-order valence-electron chi connectivity index (χ4n) is 2.18. The molecular weight excluding hydrogens is 291 g/mol. The third-order valence-electron chi connectivity index (χ3n) is 3.26. The fraction of sp³-hybridized carbons (Fsp3) is 0.417. The molecule has 0 unspecified atom stereocenters. The van der Waals surface area contributed by atoms with Crippen molar-refractivity contribution >= 4 is 11.6 Å². The second-order valence-corrected chi connectivity index (χ2v) is 4.79. The van der Waals surface area contributed by atoms with Crippen molar-refractivity contribution in [1.29, 1.82) is 0 Å². The molecule has 6 nitrogen and oxygen atoms in total. The molecule has 114 valence electrons. The standard InChI is InChI=1S/C12H12F3N3O3/c13-12(14,15)7-1-2-9(10(5-7)18(20)21)11(19)17-4-3-8(16)6-17/h1-2,5,8H,3-4,6,16H2/t8-/m1/s1. The van der Waals surface area contributed by atoms with Gasteiger partial charge >= 0.3 is 6.18 Å². The minimum Gasteiger partial charge on any atom is -0.337 e. The second-order valence-electron chi connectivity index (χ2n) is 4.79. The molecule has 0 saturated carbocycles. The van der Waals surface area contributed by atoms with Crippen molar-refractivity contribution in [1.82, 2.24) is 4.90 Å². The van der Waals surface area contributed by atoms with Gasteiger partial charge < -0.3 is 10.6 Å². The van der Waals surface area contributed by atoms with Gasteiger partial charge in [-0.3, -0.25) is 14.9 Å². The molecule has 21 heavy (non-hydrogen) atoms. The van der Waals surface area contributed by atoms with Crippen molar-refractivity contribution in [2.45, 2.75) is 18.6 Å². The first-order chi connectivity index (χ1) is 9.70. The van der Waals surface area contributed by atoms with Gasteiger partial charge in [0.15, 0.2) is 0 Å². The first kappa shape index (κ1) is 15.2. The Labute approximate surface area is 117 Å². The van der Waals surface area contributed by atoms with Crippen LogP contribution in [0.5, 0.6) is 0 Å². The maximum Gasteiger partial charge on any atom is 0.416 e. The fourth-order valence-corrected chi connectivity index (χ4v) is 2.18. The maximum absolute atomic E-state index is 12.6. The number of benzene rings is 1. The van der Waals surface area contributed by atoms with Crippen LogP contribution in [-0.4, -0.2) is 34.9 Å². The van der Waals surface area contributed by atoms with E-state index < -0.39 is 28.3 Å². The van der Waals surface area contributed by atoms with E-state index in [0.717, 1.165) is 6.07 Å². The third kappa shape index (κ3) is 3.13. The first-order valence-electron chi connectivity index (χ1n) is 6.10. The Bertz CT molecular complexity index is 589. The summed E-state index contributed by atoms with van der Waals surface area (Å²) in [6.45, 7) is 0.565. The van der Waals surface area contributed by atoms with Crippen molar-refractivity contribution < 1.29 is 22.9 Å². The highest BCUT2D eigenvalue weighted by molar-refractivity contribution is 5.98. The molecule has 0 bridgehead atoms. The number of carbonyl (C=O) groups is 1. The van der Waals surface area contributed by atoms with Gasteiger partial charge in [0, 0.05) is 25.2 Å². The molecule has 0 spiro atoms. The molecule has 1 aromatic rings. The third-order valence-corrected chi connectivity index (χ3v) is 3.26. The molecule has 1 heterocycles. The van der Waals surface area contributed by atoms with Crippen LogP contribution in [0.2, 0.25) is 0 Å². The quantitative estimate of drug-likeness (QED) is 0.666. The van der Waals surface area contributed by atoms with Gasteiger partial charge in [0.2, 0.25) is 0 Å². The summed E-state index contributed by atoms with van der Waals surface area (Å²) in [5.74, 6) is -0.677. The summed E-state index contributed by atoms with van der Waals surface area (Å²) in [7, 11) is 0. The highest BCUT2D eigenvalue weighted by atomic mass is 19.4. The minimum atomic E-state index is -4.71. The zero-order valence-electron chi connectivity index (χ0n) is 10.8. The summed E-state index contributed by atoms with van der Waals surface area (Å²) in [4.78, 5) is 23.4. The molecular formula is C12H12F3N3O3. The molecule has 9 heteroatoms. The second kappa shape index (κ2) is 5.32. The lowest BCUT2D eigenvalue weighted by molar-refractivity contribution is -0.385. The van der Waals surface area contributed by atoms with E-state index in [1.807, 2.05) is 0 Å². The molecule has 2 rings (SSSR count). The molecule has 1 saturated heterocycles. The van der Waals surface area contributed by atoms with Crippen molar-refractivity contribution in [3.05, 3.63) is 39.4 Å². The Morgan fingerprint density at radius 2 is 2.10 bits per heavy atom. The monoisotopic (exact) mass is 303 g/mol. The van der Waals surface area contributed by atoms with E-state index in [2.05, 4.69) is 0 Å². The largest absolute Gasteiger partial charge is 0.416 e. The van der Waals surface area contributed by atoms with Crippen LogP contribution < -0.4 is 5.73 Å². The van der Waals surface area contributed by atoms with E-state index >= 15 is 0 Å². The van der Waals surface area contributed by atoms with Crippen LogP contribution in [0.25, 0.3) is 0 Å². The van der Waals surface area contributed by atoms with Crippen LogP contribution >= 0.6 is 0 Å². The number of rotatable bonds is 2. The van der Waals surface area contributed by atoms with Gasteiger partial charge in [0.05, 0.1) is 10.5 Å². The summed E-state index contributed by atoms with van der Waals surface area (Å²) < 4.78 is 37.7. The van der Waals surface area contributed by atoms with Gasteiger partial charge in [-0.2, -0.15) is 13.2 Å². The molecule has 2 N–H and O–H groups in total. The molecule has 1 aliphatic heterocycles. The summed E-state index contributed by atoms with van der Waals surface area (Å²) in [6.07, 6.45) is -4.15. The average molecular weight is 303 g/mol. The van der Waals surface area contributed by atoms with E-state index in [4.69, 9.17) is 5.73 Å². The van der Waals surface area contributed by atoms with E-state index in [1.54, 1.807) is 0 Å². The number of nitro benzene ring substituents is 1. The maximum atomic E-state index is 12.6. The Hall–Kier alpha value is -2.16. The van der Waals surface area contributed by atoms with Crippen molar-refractivity contribution in [3.63, 3.8) is 0 Å². The molecule has 1 fully saturated rings. The Morgan fingerprint density at radius 3 is 2.57 bits per heavy atom. The highest BCUT2D eigenvalue weighted by Gasteiger charge is 2.35. The van der Waals surface area contributed by atoms with Crippen LogP contribution in [0.1, 0.15) is 22.3 Å². The summed E-state index contributed by atoms with van der Waals surface area (Å²) in [5, 5.41) is 10.9. The highest BCUT2D eigenvalue weighted by Crippen LogP contribution is 2.33. The van der Waals surface area contributed by atoms with Gasteiger partial charge in [-0.15, -0.1) is 0 Å². The van der Waals surface area contributed by atoms with Crippen molar-refractivity contribution in [2.24, 2.45) is 5.73 Å². The van der Waals surface area contributed by atoms with Crippen LogP contribution in [0.4, 0.5) is 18.9 Å². The van der Waals surface area contributed by atoms with E-state index in [0.29, 0.717) is 25.1 Å². The lowest BCUT2D eigenvalue weighted by atomic mass is 10.1. The molecule has 1 aromatic carbocycles. The lowest BCUT2D eigenvalue weighted by Gasteiger charge is -2.16. The number of nitrogens with zero attached hydrogens (tertiary/aromatic N) is 2. The Morgan fingerprint density at radius 1 is 1.43 bits per heavy atom. The van der Waals surface area contributed by atoms with Crippen LogP contribution in [0.3, 0.4) is 0 Å². The number of hydrogen-bond acceptors (Lipinski definition) is 4. The summed E-state index contributed by atoms with van der Waals surface area (Å²) in [6, 6.07) is 1.66. The predicted octanol–water partition coefficient (Wildman–Crippen LogP) is 1.79. The summed E-state index contributed by atoms with van der Waals surface area (Å²) >= 11 is 0. The smallest absolute Gasteiger partial charge is 0.337 e. The SMILES string of the molecule is N[C@@H]1CCN(C(=O)c2ccc(C(F)(F)F)cc2[N+](=O)[O-])C1. The van der Waals surface area contributed by atoms with Gasteiger partial charge in [0.25, 0.3) is 11.6 Å². The van der Waals surface area contributed by atoms with Crippen LogP contribution in [0, 0.1) is 10.1 Å². The van der Waals surface area contributed by atoms with Gasteiger partial charge in [-0.05, 0) is 18.6 Å². The number of amides is 1. The Kier molecular flexibility index (Phi) is 3.86. The van der Waals surface area contributed by atoms with Crippen LogP contribution in [0.15, 0.2) is 18.2 Å². The van der Waals surface area contributed by atoms with E-state index in [9.17, 15) is 28.1 Å². The molecule has 0 aromatic heterocycles. The van der Waals surface area contributed by atoms with Gasteiger partial charge in [-0.1, -0.05) is 0 Å². The molecule has 1 aliphatic rings. The minimum absolute atomic E-state index is 0.220. The van der Waals surface area contributed by atoms with E-state index in [1.165, 1.54) is 4.90 Å². The number of nitro groups is 1. The number of nitrogens with two attached hydrogens (primary N) is 1. The normalized spacial score (nSPS) is 18.9. The van der Waals surface area contributed by atoms with Crippen molar-refractivity contribution in [2.75, 3.05) is 13.1 Å². The van der Waals surface area contributed by atoms with Gasteiger partial charge in [-0.25, -0.2) is 0 Å². The lowest BCUT2D eigenvalue weighted by Crippen LogP contribution is -2.32. The zero-order valence-corrected chi connectivity index (χ0v) is 10.8. The van der Waals surface area contributed by atoms with Gasteiger partial charge in [0.1, 0.15) is 5.56 Å².